The van der Waals surface area contributed by atoms with Crippen LogP contribution in [0, 0.1) is 11.3 Å². The minimum Gasteiger partial charge on any atom is -0.468 e. The van der Waals surface area contributed by atoms with Crippen molar-refractivity contribution in [2.24, 2.45) is 5.73 Å². The lowest BCUT2D eigenvalue weighted by Crippen LogP contribution is -2.55. The summed E-state index contributed by atoms with van der Waals surface area (Å²) in [7, 11) is 0. The van der Waals surface area contributed by atoms with E-state index in [2.05, 4.69) is 11.4 Å². The number of allylic oxidation sites excluding steroid dienone is 1. The van der Waals surface area contributed by atoms with E-state index in [-0.39, 0.29) is 5.92 Å². The van der Waals surface area contributed by atoms with Gasteiger partial charge in [0.1, 0.15) is 11.6 Å². The number of ether oxygens (including phenoxy) is 1. The van der Waals surface area contributed by atoms with Crippen LogP contribution in [-0.2, 0) is 0 Å². The molecule has 1 aromatic carbocycles. The molecule has 2 aliphatic heterocycles. The molecule has 0 saturated carbocycles. The molecule has 4 nitrogen and oxygen atoms in total. The van der Waals surface area contributed by atoms with Crippen LogP contribution >= 0.6 is 0 Å². The van der Waals surface area contributed by atoms with E-state index in [4.69, 9.17) is 10.5 Å². The zero-order chi connectivity index (χ0) is 12.0. The summed E-state index contributed by atoms with van der Waals surface area (Å²) in [6.45, 7) is 1.96. The molecular formula is C13H13N3O. The monoisotopic (exact) mass is 227 g/mol. The summed E-state index contributed by atoms with van der Waals surface area (Å²) in [5.41, 5.74) is 7.03. The van der Waals surface area contributed by atoms with Crippen LogP contribution < -0.4 is 15.8 Å². The van der Waals surface area contributed by atoms with Crippen molar-refractivity contribution in [3.8, 4) is 11.8 Å². The second-order valence-electron chi connectivity index (χ2n) is 4.69. The Labute approximate surface area is 99.7 Å². The number of nitrogens with one attached hydrogen (secondary N) is 1. The highest BCUT2D eigenvalue weighted by Gasteiger charge is 2.43. The normalized spacial score (nSPS) is 29.8. The van der Waals surface area contributed by atoms with Crippen LogP contribution in [0.1, 0.15) is 24.8 Å². The first-order chi connectivity index (χ1) is 8.13. The lowest BCUT2D eigenvalue weighted by molar-refractivity contribution is 0.0256. The lowest BCUT2D eigenvalue weighted by Gasteiger charge is -2.44. The van der Waals surface area contributed by atoms with Gasteiger partial charge in [0.05, 0.1) is 11.6 Å². The molecule has 17 heavy (non-hydrogen) atoms. The summed E-state index contributed by atoms with van der Waals surface area (Å²) in [5.74, 6) is 1.30. The predicted octanol–water partition coefficient (Wildman–Crippen LogP) is 1.57. The van der Waals surface area contributed by atoms with E-state index < -0.39 is 5.72 Å². The highest BCUT2D eigenvalue weighted by Crippen LogP contribution is 2.46. The van der Waals surface area contributed by atoms with E-state index >= 15 is 0 Å². The van der Waals surface area contributed by atoms with E-state index in [1.807, 2.05) is 31.2 Å². The predicted molar refractivity (Wildman–Crippen MR) is 62.8 cm³/mol. The van der Waals surface area contributed by atoms with Gasteiger partial charge in [-0.25, -0.2) is 0 Å². The van der Waals surface area contributed by atoms with Gasteiger partial charge in [-0.05, 0) is 13.0 Å². The van der Waals surface area contributed by atoms with Gasteiger partial charge in [-0.2, -0.15) is 5.26 Å². The lowest BCUT2D eigenvalue weighted by atomic mass is 9.80. The van der Waals surface area contributed by atoms with Gasteiger partial charge in [0.25, 0.3) is 0 Å². The molecule has 2 heterocycles. The van der Waals surface area contributed by atoms with Gasteiger partial charge in [-0.1, -0.05) is 18.2 Å². The zero-order valence-corrected chi connectivity index (χ0v) is 9.53. The Morgan fingerprint density at radius 3 is 3.06 bits per heavy atom. The summed E-state index contributed by atoms with van der Waals surface area (Å²) in [5, 5.41) is 12.3. The molecule has 1 unspecified atom stereocenters. The molecule has 0 aromatic heterocycles. The first kappa shape index (κ1) is 10.0. The van der Waals surface area contributed by atoms with Crippen molar-refractivity contribution in [3.63, 3.8) is 0 Å². The van der Waals surface area contributed by atoms with E-state index in [1.165, 1.54) is 0 Å². The second-order valence-corrected chi connectivity index (χ2v) is 4.69. The van der Waals surface area contributed by atoms with Crippen LogP contribution in [0.25, 0.3) is 0 Å². The number of rotatable bonds is 0. The van der Waals surface area contributed by atoms with Gasteiger partial charge in [0.15, 0.2) is 5.72 Å². The highest BCUT2D eigenvalue weighted by atomic mass is 16.5. The SMILES string of the molecule is C[C@@]12CC(C(C#N)=C(N)N1)c1ccccc1O2. The average molecular weight is 227 g/mol. The van der Waals surface area contributed by atoms with Crippen LogP contribution in [0.3, 0.4) is 0 Å². The molecule has 1 aromatic rings. The number of nitriles is 1. The molecule has 0 amide bonds. The molecule has 2 atom stereocenters. The first-order valence-corrected chi connectivity index (χ1v) is 5.59. The van der Waals surface area contributed by atoms with Crippen LogP contribution in [0.5, 0.6) is 5.75 Å². The number of fused-ring (bicyclic) bond motifs is 4. The van der Waals surface area contributed by atoms with Gasteiger partial charge >= 0.3 is 0 Å². The Balaban J connectivity index is 2.21. The van der Waals surface area contributed by atoms with Crippen LogP contribution in [0.2, 0.25) is 0 Å². The average Bonchev–Trinajstić information content (AvgIpc) is 2.28. The Kier molecular flexibility index (Phi) is 1.87. The minimum atomic E-state index is -0.510. The van der Waals surface area contributed by atoms with Gasteiger partial charge in [0.2, 0.25) is 0 Å². The fourth-order valence-corrected chi connectivity index (χ4v) is 2.66. The molecule has 0 spiro atoms. The van der Waals surface area contributed by atoms with Gasteiger partial charge in [-0.3, -0.25) is 0 Å². The first-order valence-electron chi connectivity index (χ1n) is 5.59. The fourth-order valence-electron chi connectivity index (χ4n) is 2.66. The molecule has 2 bridgehead atoms. The molecular weight excluding hydrogens is 214 g/mol. The van der Waals surface area contributed by atoms with Crippen LogP contribution in [0.4, 0.5) is 0 Å². The van der Waals surface area contributed by atoms with Gasteiger partial charge in [0, 0.05) is 17.9 Å². The number of benzene rings is 1. The van der Waals surface area contributed by atoms with Crippen molar-refractivity contribution in [1.82, 2.24) is 5.32 Å². The molecule has 0 saturated heterocycles. The van der Waals surface area contributed by atoms with Gasteiger partial charge in [-0.15, -0.1) is 0 Å². The minimum absolute atomic E-state index is 0.0381. The molecule has 0 aliphatic carbocycles. The van der Waals surface area contributed by atoms with Crippen molar-refractivity contribution in [1.29, 1.82) is 5.26 Å². The third-order valence-electron chi connectivity index (χ3n) is 3.38. The third-order valence-corrected chi connectivity index (χ3v) is 3.38. The quantitative estimate of drug-likeness (QED) is 0.705. The summed E-state index contributed by atoms with van der Waals surface area (Å²) < 4.78 is 5.92. The maximum atomic E-state index is 9.21. The van der Waals surface area contributed by atoms with E-state index in [0.29, 0.717) is 11.4 Å². The molecule has 0 radical (unpaired) electrons. The Bertz CT molecular complexity index is 558. The number of hydrogen-bond acceptors (Lipinski definition) is 4. The second kappa shape index (κ2) is 3.17. The topological polar surface area (TPSA) is 71.1 Å². The smallest absolute Gasteiger partial charge is 0.179 e. The highest BCUT2D eigenvalue weighted by molar-refractivity contribution is 5.49. The number of hydrogen-bond donors (Lipinski definition) is 2. The fraction of sp³-hybridized carbons (Fsp3) is 0.308. The van der Waals surface area contributed by atoms with Crippen molar-refractivity contribution in [3.05, 3.63) is 41.2 Å². The Morgan fingerprint density at radius 1 is 1.53 bits per heavy atom. The molecule has 3 rings (SSSR count). The third kappa shape index (κ3) is 1.36. The van der Waals surface area contributed by atoms with Gasteiger partial charge < -0.3 is 15.8 Å². The molecule has 0 fully saturated rings. The largest absolute Gasteiger partial charge is 0.468 e. The van der Waals surface area contributed by atoms with E-state index in [0.717, 1.165) is 17.7 Å². The van der Waals surface area contributed by atoms with Crippen LogP contribution in [-0.4, -0.2) is 5.72 Å². The molecule has 2 aliphatic rings. The number of para-hydroxylation sites is 1. The van der Waals surface area contributed by atoms with Crippen molar-refractivity contribution in [2.75, 3.05) is 0 Å². The molecule has 4 heteroatoms. The Hall–Kier alpha value is -2.15. The maximum absolute atomic E-state index is 9.21. The molecule has 86 valence electrons. The standard InChI is InChI=1S/C13H13N3O/c1-13-6-9(10(7-14)12(15)16-13)8-4-2-3-5-11(8)17-13/h2-5,9,16H,6,15H2,1H3/t9?,13-/m1/s1. The maximum Gasteiger partial charge on any atom is 0.179 e. The van der Waals surface area contributed by atoms with Crippen LogP contribution in [0.15, 0.2) is 35.7 Å². The van der Waals surface area contributed by atoms with E-state index in [1.54, 1.807) is 0 Å². The Morgan fingerprint density at radius 2 is 2.29 bits per heavy atom. The number of nitrogens with zero attached hydrogens (tertiary/aromatic N) is 1. The van der Waals surface area contributed by atoms with Crippen molar-refractivity contribution >= 4 is 0 Å². The van der Waals surface area contributed by atoms with Crippen molar-refractivity contribution < 1.29 is 4.74 Å². The van der Waals surface area contributed by atoms with E-state index in [9.17, 15) is 5.26 Å². The summed E-state index contributed by atoms with van der Waals surface area (Å²) in [4.78, 5) is 0. The number of nitrogens with two attached hydrogens (primary N) is 1. The molecule has 3 N–H and O–H groups in total. The van der Waals surface area contributed by atoms with Crippen molar-refractivity contribution in [2.45, 2.75) is 25.0 Å². The summed E-state index contributed by atoms with van der Waals surface area (Å²) >= 11 is 0. The summed E-state index contributed by atoms with van der Waals surface area (Å²) in [6.07, 6.45) is 0.730. The zero-order valence-electron chi connectivity index (χ0n) is 9.53. The summed E-state index contributed by atoms with van der Waals surface area (Å²) in [6, 6.07) is 10.0.